The summed E-state index contributed by atoms with van der Waals surface area (Å²) >= 11 is 0. The maximum atomic E-state index is 12.3. The summed E-state index contributed by atoms with van der Waals surface area (Å²) in [5, 5.41) is 10.6. The lowest BCUT2D eigenvalue weighted by Crippen LogP contribution is -2.31. The van der Waals surface area contributed by atoms with Crippen LogP contribution in [0.4, 0.5) is 10.5 Å². The summed E-state index contributed by atoms with van der Waals surface area (Å²) in [6.07, 6.45) is 2.11. The summed E-state index contributed by atoms with van der Waals surface area (Å²) < 4.78 is 24.0. The number of urea groups is 1. The van der Waals surface area contributed by atoms with E-state index in [9.17, 15) is 18.0 Å². The number of para-hydroxylation sites is 2. The number of anilines is 1. The van der Waals surface area contributed by atoms with E-state index in [1.165, 1.54) is 16.7 Å². The van der Waals surface area contributed by atoms with Crippen molar-refractivity contribution in [3.8, 4) is 5.69 Å². The van der Waals surface area contributed by atoms with Crippen molar-refractivity contribution >= 4 is 21.7 Å². The van der Waals surface area contributed by atoms with Gasteiger partial charge >= 0.3 is 11.7 Å². The number of imidazole rings is 1. The van der Waals surface area contributed by atoms with Crippen LogP contribution < -0.4 is 21.5 Å². The molecule has 0 aliphatic heterocycles. The highest BCUT2D eigenvalue weighted by Gasteiger charge is 2.12. The summed E-state index contributed by atoms with van der Waals surface area (Å²) in [5.41, 5.74) is 2.33. The number of nitrogens with two attached hydrogens (primary N) is 1. The summed E-state index contributed by atoms with van der Waals surface area (Å²) in [5.74, 6) is 0. The van der Waals surface area contributed by atoms with E-state index in [0.717, 1.165) is 5.56 Å². The van der Waals surface area contributed by atoms with Gasteiger partial charge in [0.05, 0.1) is 16.3 Å². The zero-order valence-corrected chi connectivity index (χ0v) is 16.5. The topological polar surface area (TPSA) is 139 Å². The van der Waals surface area contributed by atoms with Gasteiger partial charge in [-0.3, -0.25) is 4.57 Å². The molecule has 0 bridgehead atoms. The normalized spacial score (nSPS) is 11.2. The molecule has 0 saturated carbocycles. The lowest BCUT2D eigenvalue weighted by atomic mass is 10.1. The van der Waals surface area contributed by atoms with Gasteiger partial charge in [-0.1, -0.05) is 24.3 Å². The second kappa shape index (κ2) is 8.33. The van der Waals surface area contributed by atoms with E-state index in [-0.39, 0.29) is 10.6 Å². The van der Waals surface area contributed by atoms with Crippen molar-refractivity contribution in [3.05, 3.63) is 76.5 Å². The van der Waals surface area contributed by atoms with E-state index in [0.29, 0.717) is 30.0 Å². The van der Waals surface area contributed by atoms with Gasteiger partial charge in [0.2, 0.25) is 10.0 Å². The van der Waals surface area contributed by atoms with Crippen LogP contribution in [0.15, 0.2) is 64.4 Å². The molecule has 152 valence electrons. The number of benzene rings is 2. The zero-order chi connectivity index (χ0) is 21.0. The number of sulfonamides is 1. The van der Waals surface area contributed by atoms with E-state index in [1.54, 1.807) is 49.5 Å². The van der Waals surface area contributed by atoms with Gasteiger partial charge < -0.3 is 15.6 Å². The highest BCUT2D eigenvalue weighted by molar-refractivity contribution is 7.89. The molecule has 2 amide bonds. The molecule has 0 atom stereocenters. The maximum absolute atomic E-state index is 12.3. The molecule has 1 heterocycles. The molecular weight excluding hydrogens is 394 g/mol. The van der Waals surface area contributed by atoms with Gasteiger partial charge in [0.25, 0.3) is 0 Å². The molecule has 9 nitrogen and oxygen atoms in total. The standard InChI is InChI=1S/C19H21N5O4S/c1-13-12-22-19(26)24(13)17-5-3-2-4-16(17)23-18(25)21-11-10-14-6-8-15(9-7-14)29(20,27)28/h2-9,12H,10-11H2,1H3,(H,22,26)(H2,20,27,28)(H2,21,23,25). The Morgan fingerprint density at radius 2 is 1.83 bits per heavy atom. The van der Waals surface area contributed by atoms with Crippen molar-refractivity contribution in [2.24, 2.45) is 5.14 Å². The average Bonchev–Trinajstić information content (AvgIpc) is 3.00. The van der Waals surface area contributed by atoms with Crippen molar-refractivity contribution in [2.75, 3.05) is 11.9 Å². The van der Waals surface area contributed by atoms with Crippen LogP contribution in [-0.2, 0) is 16.4 Å². The number of amides is 2. The smallest absolute Gasteiger partial charge is 0.330 e. The van der Waals surface area contributed by atoms with E-state index >= 15 is 0 Å². The number of H-pyrrole nitrogens is 1. The number of carbonyl (C=O) groups excluding carboxylic acids is 1. The Kier molecular flexibility index (Phi) is 5.85. The minimum absolute atomic E-state index is 0.0406. The number of aromatic amines is 1. The van der Waals surface area contributed by atoms with Gasteiger partial charge in [-0.15, -0.1) is 0 Å². The molecule has 3 rings (SSSR count). The summed E-state index contributed by atoms with van der Waals surface area (Å²) in [7, 11) is -3.72. The number of nitrogens with zero attached hydrogens (tertiary/aromatic N) is 1. The monoisotopic (exact) mass is 415 g/mol. The van der Waals surface area contributed by atoms with Gasteiger partial charge in [-0.05, 0) is 43.2 Å². The van der Waals surface area contributed by atoms with Crippen molar-refractivity contribution in [3.63, 3.8) is 0 Å². The fraction of sp³-hybridized carbons (Fsp3) is 0.158. The highest BCUT2D eigenvalue weighted by atomic mass is 32.2. The van der Waals surface area contributed by atoms with Crippen molar-refractivity contribution in [1.82, 2.24) is 14.9 Å². The number of aryl methyl sites for hydroxylation is 1. The molecule has 0 fully saturated rings. The van der Waals surface area contributed by atoms with E-state index in [4.69, 9.17) is 5.14 Å². The molecule has 0 spiro atoms. The fourth-order valence-corrected chi connectivity index (χ4v) is 3.38. The Morgan fingerprint density at radius 1 is 1.14 bits per heavy atom. The zero-order valence-electron chi connectivity index (χ0n) is 15.7. The van der Waals surface area contributed by atoms with Crippen LogP contribution in [0.3, 0.4) is 0 Å². The lowest BCUT2D eigenvalue weighted by molar-refractivity contribution is 0.252. The first-order chi connectivity index (χ1) is 13.8. The third-order valence-corrected chi connectivity index (χ3v) is 5.23. The van der Waals surface area contributed by atoms with Gasteiger partial charge in [-0.25, -0.2) is 23.1 Å². The molecule has 2 aromatic carbocycles. The Labute approximate surface area is 167 Å². The van der Waals surface area contributed by atoms with Crippen LogP contribution in [-0.4, -0.2) is 30.5 Å². The number of carbonyl (C=O) groups is 1. The van der Waals surface area contributed by atoms with Crippen LogP contribution in [0.25, 0.3) is 5.69 Å². The van der Waals surface area contributed by atoms with Crippen LogP contribution in [0.5, 0.6) is 0 Å². The van der Waals surface area contributed by atoms with Crippen LogP contribution >= 0.6 is 0 Å². The predicted molar refractivity (Wildman–Crippen MR) is 110 cm³/mol. The molecule has 0 aliphatic carbocycles. The van der Waals surface area contributed by atoms with Crippen LogP contribution in [0.1, 0.15) is 11.3 Å². The minimum Gasteiger partial charge on any atom is -0.338 e. The lowest BCUT2D eigenvalue weighted by Gasteiger charge is -2.13. The van der Waals surface area contributed by atoms with Crippen LogP contribution in [0.2, 0.25) is 0 Å². The molecule has 0 saturated heterocycles. The highest BCUT2D eigenvalue weighted by Crippen LogP contribution is 2.19. The van der Waals surface area contributed by atoms with E-state index < -0.39 is 16.1 Å². The first-order valence-corrected chi connectivity index (χ1v) is 10.3. The van der Waals surface area contributed by atoms with Crippen molar-refractivity contribution in [2.45, 2.75) is 18.2 Å². The van der Waals surface area contributed by atoms with Crippen molar-refractivity contribution in [1.29, 1.82) is 0 Å². The number of nitrogens with one attached hydrogen (secondary N) is 3. The van der Waals surface area contributed by atoms with Gasteiger partial charge in [0.15, 0.2) is 0 Å². The minimum atomic E-state index is -3.72. The Balaban J connectivity index is 1.62. The van der Waals surface area contributed by atoms with E-state index in [2.05, 4.69) is 15.6 Å². The number of rotatable bonds is 6. The molecule has 10 heteroatoms. The first kappa shape index (κ1) is 20.4. The average molecular weight is 415 g/mol. The number of hydrogen-bond donors (Lipinski definition) is 4. The predicted octanol–water partition coefficient (Wildman–Crippen LogP) is 1.49. The maximum Gasteiger partial charge on any atom is 0.330 e. The molecule has 5 N–H and O–H groups in total. The quantitative estimate of drug-likeness (QED) is 0.484. The third-order valence-electron chi connectivity index (χ3n) is 4.30. The van der Waals surface area contributed by atoms with Gasteiger partial charge in [0.1, 0.15) is 0 Å². The van der Waals surface area contributed by atoms with Gasteiger partial charge in [0, 0.05) is 18.4 Å². The summed E-state index contributed by atoms with van der Waals surface area (Å²) in [4.78, 5) is 26.9. The molecule has 0 unspecified atom stereocenters. The summed E-state index contributed by atoms with van der Waals surface area (Å²) in [6.45, 7) is 2.13. The van der Waals surface area contributed by atoms with Crippen LogP contribution in [0, 0.1) is 6.92 Å². The molecular formula is C19H21N5O4S. The van der Waals surface area contributed by atoms with E-state index in [1.807, 2.05) is 0 Å². The fourth-order valence-electron chi connectivity index (χ4n) is 2.86. The number of primary sulfonamides is 1. The molecule has 3 aromatic rings. The Morgan fingerprint density at radius 3 is 2.45 bits per heavy atom. The Bertz CT molecular complexity index is 1180. The molecule has 0 radical (unpaired) electrons. The number of aromatic nitrogens is 2. The third kappa shape index (κ3) is 4.92. The second-order valence-corrected chi connectivity index (χ2v) is 7.97. The molecule has 1 aromatic heterocycles. The summed E-state index contributed by atoms with van der Waals surface area (Å²) in [6, 6.07) is 12.7. The second-order valence-electron chi connectivity index (χ2n) is 6.41. The number of hydrogen-bond acceptors (Lipinski definition) is 4. The molecule has 29 heavy (non-hydrogen) atoms. The Hall–Kier alpha value is -3.37. The largest absolute Gasteiger partial charge is 0.338 e. The van der Waals surface area contributed by atoms with Gasteiger partial charge in [-0.2, -0.15) is 0 Å². The molecule has 0 aliphatic rings. The van der Waals surface area contributed by atoms with Crippen molar-refractivity contribution < 1.29 is 13.2 Å². The SMILES string of the molecule is Cc1c[nH]c(=O)n1-c1ccccc1NC(=O)NCCc1ccc(S(N)(=O)=O)cc1. The first-order valence-electron chi connectivity index (χ1n) is 8.79.